The summed E-state index contributed by atoms with van der Waals surface area (Å²) in [6.45, 7) is 7.11. The Labute approximate surface area is 174 Å². The molecule has 1 aliphatic rings. The monoisotopic (exact) mass is 413 g/mol. The standard InChI is InChI=1S/C22H28FN5O2/c1-14-9-15(2)11-27(10-14)13-18-24-20-19(21(29)26(4)22(30)25(20)3)28(18)12-16-7-5-6-8-17(16)23/h5-8,14-15H,9-13H2,1-4H3/t14-,15-/m1/s1. The van der Waals surface area contributed by atoms with Gasteiger partial charge in [-0.2, -0.15) is 0 Å². The van der Waals surface area contributed by atoms with Crippen LogP contribution in [-0.4, -0.2) is 36.7 Å². The molecule has 3 heterocycles. The number of likely N-dealkylation sites (tertiary alicyclic amines) is 1. The average Bonchev–Trinajstić information content (AvgIpc) is 3.04. The number of aromatic nitrogens is 4. The summed E-state index contributed by atoms with van der Waals surface area (Å²) in [5.74, 6) is 1.51. The van der Waals surface area contributed by atoms with Gasteiger partial charge in [-0.05, 0) is 24.3 Å². The molecule has 0 unspecified atom stereocenters. The van der Waals surface area contributed by atoms with Crippen molar-refractivity contribution in [2.75, 3.05) is 13.1 Å². The minimum Gasteiger partial charge on any atom is -0.316 e. The van der Waals surface area contributed by atoms with Gasteiger partial charge >= 0.3 is 5.69 Å². The van der Waals surface area contributed by atoms with Crippen LogP contribution in [-0.2, 0) is 27.2 Å². The maximum atomic E-state index is 14.4. The molecule has 0 bridgehead atoms. The summed E-state index contributed by atoms with van der Waals surface area (Å²) in [7, 11) is 3.07. The third-order valence-electron chi connectivity index (χ3n) is 6.02. The molecule has 160 valence electrons. The van der Waals surface area contributed by atoms with E-state index in [0.717, 1.165) is 17.7 Å². The van der Waals surface area contributed by atoms with Crippen molar-refractivity contribution in [3.05, 3.63) is 62.3 Å². The van der Waals surface area contributed by atoms with Crippen LogP contribution in [0, 0.1) is 17.7 Å². The number of hydrogen-bond acceptors (Lipinski definition) is 4. The molecule has 3 aromatic rings. The summed E-state index contributed by atoms with van der Waals surface area (Å²) in [5.41, 5.74) is 0.316. The summed E-state index contributed by atoms with van der Waals surface area (Å²) in [4.78, 5) is 32.4. The maximum absolute atomic E-state index is 14.4. The van der Waals surface area contributed by atoms with E-state index < -0.39 is 11.2 Å². The van der Waals surface area contributed by atoms with Crippen LogP contribution in [0.3, 0.4) is 0 Å². The fraction of sp³-hybridized carbons (Fsp3) is 0.500. The number of aryl methyl sites for hydroxylation is 1. The van der Waals surface area contributed by atoms with Crippen molar-refractivity contribution >= 4 is 11.2 Å². The Hall–Kier alpha value is -2.74. The number of hydrogen-bond donors (Lipinski definition) is 0. The van der Waals surface area contributed by atoms with E-state index in [-0.39, 0.29) is 12.4 Å². The predicted molar refractivity (Wildman–Crippen MR) is 114 cm³/mol. The van der Waals surface area contributed by atoms with E-state index in [9.17, 15) is 14.0 Å². The van der Waals surface area contributed by atoms with Crippen LogP contribution < -0.4 is 11.2 Å². The van der Waals surface area contributed by atoms with Crippen LogP contribution >= 0.6 is 0 Å². The number of benzene rings is 1. The molecule has 0 amide bonds. The average molecular weight is 413 g/mol. The first-order valence-electron chi connectivity index (χ1n) is 10.4. The lowest BCUT2D eigenvalue weighted by Crippen LogP contribution is -2.39. The van der Waals surface area contributed by atoms with Crippen LogP contribution in [0.5, 0.6) is 0 Å². The van der Waals surface area contributed by atoms with E-state index in [0.29, 0.717) is 40.9 Å². The SMILES string of the molecule is C[C@@H]1C[C@@H](C)CN(Cc2nc3c(c(=O)n(C)c(=O)n3C)n2Cc2ccccc2F)C1. The molecule has 4 rings (SSSR count). The summed E-state index contributed by atoms with van der Waals surface area (Å²) in [6.07, 6.45) is 1.19. The molecule has 1 aliphatic heterocycles. The Morgan fingerprint density at radius 3 is 2.37 bits per heavy atom. The van der Waals surface area contributed by atoms with Gasteiger partial charge in [0.2, 0.25) is 0 Å². The van der Waals surface area contributed by atoms with E-state index in [1.807, 2.05) is 0 Å². The highest BCUT2D eigenvalue weighted by Gasteiger charge is 2.25. The van der Waals surface area contributed by atoms with Gasteiger partial charge in [0, 0.05) is 32.7 Å². The smallest absolute Gasteiger partial charge is 0.316 e. The third kappa shape index (κ3) is 3.60. The van der Waals surface area contributed by atoms with Crippen molar-refractivity contribution in [1.82, 2.24) is 23.6 Å². The van der Waals surface area contributed by atoms with E-state index in [2.05, 4.69) is 18.7 Å². The van der Waals surface area contributed by atoms with Gasteiger partial charge in [-0.1, -0.05) is 32.0 Å². The zero-order valence-electron chi connectivity index (χ0n) is 17.9. The molecule has 0 saturated carbocycles. The van der Waals surface area contributed by atoms with Crippen molar-refractivity contribution in [3.63, 3.8) is 0 Å². The third-order valence-corrected chi connectivity index (χ3v) is 6.02. The van der Waals surface area contributed by atoms with Crippen LogP contribution in [0.1, 0.15) is 31.7 Å². The van der Waals surface area contributed by atoms with Crippen LogP contribution in [0.15, 0.2) is 33.9 Å². The second-order valence-electron chi connectivity index (χ2n) is 8.72. The number of rotatable bonds is 4. The second kappa shape index (κ2) is 7.83. The predicted octanol–water partition coefficient (Wildman–Crippen LogP) is 2.10. The fourth-order valence-corrected chi connectivity index (χ4v) is 4.70. The molecule has 0 radical (unpaired) electrons. The van der Waals surface area contributed by atoms with Gasteiger partial charge in [0.1, 0.15) is 11.6 Å². The Morgan fingerprint density at radius 1 is 1.03 bits per heavy atom. The molecule has 0 spiro atoms. The van der Waals surface area contributed by atoms with Crippen molar-refractivity contribution in [2.24, 2.45) is 25.9 Å². The molecular weight excluding hydrogens is 385 g/mol. The minimum atomic E-state index is -0.421. The molecule has 2 atom stereocenters. The van der Waals surface area contributed by atoms with Gasteiger partial charge in [-0.3, -0.25) is 18.8 Å². The summed E-state index contributed by atoms with van der Waals surface area (Å²) >= 11 is 0. The van der Waals surface area contributed by atoms with E-state index in [1.54, 1.807) is 29.8 Å². The van der Waals surface area contributed by atoms with Gasteiger partial charge in [0.05, 0.1) is 13.1 Å². The number of halogens is 1. The van der Waals surface area contributed by atoms with Gasteiger partial charge in [-0.15, -0.1) is 0 Å². The molecule has 1 aromatic carbocycles. The highest BCUT2D eigenvalue weighted by Crippen LogP contribution is 2.24. The van der Waals surface area contributed by atoms with Crippen molar-refractivity contribution in [2.45, 2.75) is 33.4 Å². The number of piperidine rings is 1. The molecule has 30 heavy (non-hydrogen) atoms. The highest BCUT2D eigenvalue weighted by atomic mass is 19.1. The zero-order chi connectivity index (χ0) is 21.6. The highest BCUT2D eigenvalue weighted by molar-refractivity contribution is 5.71. The topological polar surface area (TPSA) is 65.1 Å². The molecule has 0 N–H and O–H groups in total. The molecule has 8 heteroatoms. The van der Waals surface area contributed by atoms with Crippen LogP contribution in [0.25, 0.3) is 11.2 Å². The summed E-state index contributed by atoms with van der Waals surface area (Å²) in [5, 5.41) is 0. The van der Waals surface area contributed by atoms with Gasteiger partial charge < -0.3 is 4.57 Å². The van der Waals surface area contributed by atoms with E-state index >= 15 is 0 Å². The molecular formula is C22H28FN5O2. The van der Waals surface area contributed by atoms with E-state index in [4.69, 9.17) is 4.98 Å². The molecule has 1 saturated heterocycles. The Balaban J connectivity index is 1.87. The Bertz CT molecular complexity index is 1200. The van der Waals surface area contributed by atoms with Crippen LogP contribution in [0.2, 0.25) is 0 Å². The first-order chi connectivity index (χ1) is 14.3. The molecule has 7 nitrogen and oxygen atoms in total. The fourth-order valence-electron chi connectivity index (χ4n) is 4.70. The van der Waals surface area contributed by atoms with Crippen LogP contribution in [0.4, 0.5) is 4.39 Å². The Morgan fingerprint density at radius 2 is 1.70 bits per heavy atom. The summed E-state index contributed by atoms with van der Waals surface area (Å²) < 4.78 is 18.7. The van der Waals surface area contributed by atoms with Gasteiger partial charge in [0.25, 0.3) is 5.56 Å². The van der Waals surface area contributed by atoms with Crippen molar-refractivity contribution in [3.8, 4) is 0 Å². The maximum Gasteiger partial charge on any atom is 0.332 e. The Kier molecular flexibility index (Phi) is 5.36. The van der Waals surface area contributed by atoms with E-state index in [1.165, 1.54) is 24.1 Å². The van der Waals surface area contributed by atoms with Crippen molar-refractivity contribution in [1.29, 1.82) is 0 Å². The minimum absolute atomic E-state index is 0.185. The largest absolute Gasteiger partial charge is 0.332 e. The second-order valence-corrected chi connectivity index (χ2v) is 8.72. The molecule has 2 aromatic heterocycles. The van der Waals surface area contributed by atoms with Crippen molar-refractivity contribution < 1.29 is 4.39 Å². The lowest BCUT2D eigenvalue weighted by molar-refractivity contribution is 0.130. The first-order valence-corrected chi connectivity index (χ1v) is 10.4. The molecule has 1 fully saturated rings. The quantitative estimate of drug-likeness (QED) is 0.657. The van der Waals surface area contributed by atoms with Gasteiger partial charge in [-0.25, -0.2) is 14.2 Å². The van der Waals surface area contributed by atoms with Gasteiger partial charge in [0.15, 0.2) is 11.2 Å². The first kappa shape index (κ1) is 20.5. The molecule has 0 aliphatic carbocycles. The lowest BCUT2D eigenvalue weighted by Gasteiger charge is -2.34. The zero-order valence-corrected chi connectivity index (χ0v) is 17.9. The summed E-state index contributed by atoms with van der Waals surface area (Å²) in [6, 6.07) is 6.54. The number of fused-ring (bicyclic) bond motifs is 1. The number of imidazole rings is 1. The normalized spacial score (nSPS) is 20.2. The lowest BCUT2D eigenvalue weighted by atomic mass is 9.92. The number of nitrogens with zero attached hydrogens (tertiary/aromatic N) is 5.